The lowest BCUT2D eigenvalue weighted by Crippen LogP contribution is -2.30. The fraction of sp³-hybridized carbons (Fsp3) is 0.136. The summed E-state index contributed by atoms with van der Waals surface area (Å²) in [5, 5.41) is 13.7. The second kappa shape index (κ2) is 8.35. The maximum absolute atomic E-state index is 12.4. The maximum Gasteiger partial charge on any atom is 0.274 e. The van der Waals surface area contributed by atoms with E-state index in [0.717, 1.165) is 11.1 Å². The van der Waals surface area contributed by atoms with Crippen LogP contribution in [0.15, 0.2) is 72.8 Å². The first-order chi connectivity index (χ1) is 13.5. The summed E-state index contributed by atoms with van der Waals surface area (Å²) in [6.45, 7) is 3.23. The summed E-state index contributed by atoms with van der Waals surface area (Å²) in [6, 6.07) is 22.0. The van der Waals surface area contributed by atoms with Crippen LogP contribution in [0.3, 0.4) is 0 Å². The normalized spacial score (nSPS) is 11.5. The van der Waals surface area contributed by atoms with Gasteiger partial charge < -0.3 is 10.1 Å². The number of hydrogen-bond donors (Lipinski definition) is 1. The van der Waals surface area contributed by atoms with E-state index in [-0.39, 0.29) is 11.6 Å². The quantitative estimate of drug-likeness (QED) is 0.486. The number of nitrogens with one attached hydrogen (secondary N) is 1. The molecule has 0 unspecified atom stereocenters. The number of anilines is 1. The van der Waals surface area contributed by atoms with Crippen LogP contribution in [-0.2, 0) is 4.79 Å². The highest BCUT2D eigenvalue weighted by atomic mass is 16.6. The van der Waals surface area contributed by atoms with Gasteiger partial charge in [0.15, 0.2) is 6.10 Å². The summed E-state index contributed by atoms with van der Waals surface area (Å²) < 4.78 is 5.71. The summed E-state index contributed by atoms with van der Waals surface area (Å²) in [6.07, 6.45) is -0.763. The van der Waals surface area contributed by atoms with E-state index >= 15 is 0 Å². The predicted molar refractivity (Wildman–Crippen MR) is 108 cm³/mol. The third-order valence-corrected chi connectivity index (χ3v) is 4.40. The number of ether oxygens (including phenoxy) is 1. The van der Waals surface area contributed by atoms with Crippen LogP contribution in [0.4, 0.5) is 11.4 Å². The van der Waals surface area contributed by atoms with Crippen molar-refractivity contribution in [3.05, 3.63) is 88.5 Å². The lowest BCUT2D eigenvalue weighted by molar-refractivity contribution is -0.385. The van der Waals surface area contributed by atoms with Gasteiger partial charge >= 0.3 is 0 Å². The molecule has 0 saturated heterocycles. The third kappa shape index (κ3) is 4.35. The van der Waals surface area contributed by atoms with Crippen molar-refractivity contribution in [1.82, 2.24) is 0 Å². The number of benzene rings is 3. The molecule has 142 valence electrons. The molecule has 3 aromatic carbocycles. The molecule has 0 heterocycles. The summed E-state index contributed by atoms with van der Waals surface area (Å²) in [5.41, 5.74) is 2.91. The Bertz CT molecular complexity index is 985. The Hall–Kier alpha value is -3.67. The lowest BCUT2D eigenvalue weighted by atomic mass is 10.1. The molecule has 1 atom stereocenters. The summed E-state index contributed by atoms with van der Waals surface area (Å²) in [5.74, 6) is 0.189. The minimum absolute atomic E-state index is 0.0390. The van der Waals surface area contributed by atoms with Gasteiger partial charge in [-0.15, -0.1) is 0 Å². The van der Waals surface area contributed by atoms with Gasteiger partial charge in [0.2, 0.25) is 0 Å². The fourth-order valence-corrected chi connectivity index (χ4v) is 2.81. The van der Waals surface area contributed by atoms with Crippen molar-refractivity contribution < 1.29 is 14.5 Å². The predicted octanol–water partition coefficient (Wildman–Crippen LogP) is 4.98. The Morgan fingerprint density at radius 3 is 2.25 bits per heavy atom. The van der Waals surface area contributed by atoms with Crippen molar-refractivity contribution >= 4 is 17.3 Å². The largest absolute Gasteiger partial charge is 0.481 e. The summed E-state index contributed by atoms with van der Waals surface area (Å²) in [7, 11) is 0. The number of carbonyl (C=O) groups is 1. The fourth-order valence-electron chi connectivity index (χ4n) is 2.81. The van der Waals surface area contributed by atoms with Gasteiger partial charge in [-0.25, -0.2) is 0 Å². The molecule has 1 amide bonds. The van der Waals surface area contributed by atoms with Crippen molar-refractivity contribution in [3.8, 4) is 16.9 Å². The zero-order chi connectivity index (χ0) is 20.1. The van der Waals surface area contributed by atoms with Gasteiger partial charge in [-0.2, -0.15) is 0 Å². The molecular weight excluding hydrogens is 356 g/mol. The lowest BCUT2D eigenvalue weighted by Gasteiger charge is -2.16. The second-order valence-corrected chi connectivity index (χ2v) is 6.35. The minimum atomic E-state index is -0.763. The van der Waals surface area contributed by atoms with E-state index in [0.29, 0.717) is 17.0 Å². The van der Waals surface area contributed by atoms with Gasteiger partial charge in [0, 0.05) is 6.07 Å². The van der Waals surface area contributed by atoms with E-state index in [1.54, 1.807) is 19.9 Å². The number of nitro groups is 1. The molecule has 1 N–H and O–H groups in total. The molecule has 0 aliphatic heterocycles. The van der Waals surface area contributed by atoms with Crippen molar-refractivity contribution in [2.45, 2.75) is 20.0 Å². The van der Waals surface area contributed by atoms with Gasteiger partial charge in [0.1, 0.15) is 5.75 Å². The Morgan fingerprint density at radius 2 is 1.61 bits per heavy atom. The van der Waals surface area contributed by atoms with E-state index in [4.69, 9.17) is 4.74 Å². The smallest absolute Gasteiger partial charge is 0.274 e. The highest BCUT2D eigenvalue weighted by Crippen LogP contribution is 2.26. The second-order valence-electron chi connectivity index (χ2n) is 6.35. The molecule has 0 aliphatic rings. The van der Waals surface area contributed by atoms with Crippen LogP contribution < -0.4 is 10.1 Å². The first-order valence-electron chi connectivity index (χ1n) is 8.82. The Morgan fingerprint density at radius 1 is 0.964 bits per heavy atom. The van der Waals surface area contributed by atoms with E-state index < -0.39 is 11.0 Å². The first kappa shape index (κ1) is 19.1. The molecule has 0 aliphatic carbocycles. The molecule has 3 aromatic rings. The van der Waals surface area contributed by atoms with E-state index in [1.807, 2.05) is 54.6 Å². The molecular formula is C22H20N2O4. The Kier molecular flexibility index (Phi) is 5.69. The van der Waals surface area contributed by atoms with E-state index in [1.165, 1.54) is 12.1 Å². The van der Waals surface area contributed by atoms with Crippen molar-refractivity contribution in [3.63, 3.8) is 0 Å². The van der Waals surface area contributed by atoms with E-state index in [2.05, 4.69) is 5.32 Å². The van der Waals surface area contributed by atoms with Gasteiger partial charge in [-0.1, -0.05) is 48.5 Å². The van der Waals surface area contributed by atoms with Crippen LogP contribution in [0.1, 0.15) is 12.5 Å². The monoisotopic (exact) mass is 376 g/mol. The minimum Gasteiger partial charge on any atom is -0.481 e. The third-order valence-electron chi connectivity index (χ3n) is 4.40. The average molecular weight is 376 g/mol. The van der Waals surface area contributed by atoms with Crippen molar-refractivity contribution in [1.29, 1.82) is 0 Å². The molecule has 3 rings (SSSR count). The maximum atomic E-state index is 12.4. The van der Waals surface area contributed by atoms with Gasteiger partial charge in [-0.3, -0.25) is 14.9 Å². The standard InChI is InChI=1S/C22H20N2O4/c1-15-20(9-6-10-21(15)24(26)27)23-22(25)16(2)28-19-13-11-18(12-14-19)17-7-4-3-5-8-17/h3-14,16H,1-2H3,(H,23,25)/t16-/m1/s1. The Labute approximate surface area is 162 Å². The number of nitrogens with zero attached hydrogens (tertiary/aromatic N) is 1. The van der Waals surface area contributed by atoms with Crippen LogP contribution in [0.25, 0.3) is 11.1 Å². The molecule has 0 spiro atoms. The number of amides is 1. The van der Waals surface area contributed by atoms with Crippen molar-refractivity contribution in [2.75, 3.05) is 5.32 Å². The zero-order valence-electron chi connectivity index (χ0n) is 15.6. The molecule has 28 heavy (non-hydrogen) atoms. The number of rotatable bonds is 6. The Balaban J connectivity index is 1.66. The highest BCUT2D eigenvalue weighted by Gasteiger charge is 2.19. The van der Waals surface area contributed by atoms with Gasteiger partial charge in [-0.05, 0) is 43.2 Å². The molecule has 0 bridgehead atoms. The number of nitro benzene ring substituents is 1. The van der Waals surface area contributed by atoms with Crippen LogP contribution in [0, 0.1) is 17.0 Å². The van der Waals surface area contributed by atoms with Crippen LogP contribution in [0.5, 0.6) is 5.75 Å². The summed E-state index contributed by atoms with van der Waals surface area (Å²) in [4.78, 5) is 23.0. The van der Waals surface area contributed by atoms with Gasteiger partial charge in [0.25, 0.3) is 11.6 Å². The molecule has 0 fully saturated rings. The zero-order valence-corrected chi connectivity index (χ0v) is 15.6. The topological polar surface area (TPSA) is 81.5 Å². The molecule has 0 aromatic heterocycles. The highest BCUT2D eigenvalue weighted by molar-refractivity contribution is 5.95. The van der Waals surface area contributed by atoms with Crippen molar-refractivity contribution in [2.24, 2.45) is 0 Å². The molecule has 0 saturated carbocycles. The molecule has 6 heteroatoms. The number of carbonyl (C=O) groups excluding carboxylic acids is 1. The molecule has 6 nitrogen and oxygen atoms in total. The SMILES string of the molecule is Cc1c(NC(=O)[C@@H](C)Oc2ccc(-c3ccccc3)cc2)cccc1[N+](=O)[O-]. The molecule has 0 radical (unpaired) electrons. The van der Waals surface area contributed by atoms with Crippen LogP contribution >= 0.6 is 0 Å². The van der Waals surface area contributed by atoms with Crippen LogP contribution in [-0.4, -0.2) is 16.9 Å². The van der Waals surface area contributed by atoms with Crippen LogP contribution in [0.2, 0.25) is 0 Å². The van der Waals surface area contributed by atoms with Gasteiger partial charge in [0.05, 0.1) is 16.2 Å². The average Bonchev–Trinajstić information content (AvgIpc) is 2.70. The summed E-state index contributed by atoms with van der Waals surface area (Å²) >= 11 is 0. The first-order valence-corrected chi connectivity index (χ1v) is 8.82. The number of hydrogen-bond acceptors (Lipinski definition) is 4. The van der Waals surface area contributed by atoms with E-state index in [9.17, 15) is 14.9 Å².